The molecule has 0 amide bonds. The summed E-state index contributed by atoms with van der Waals surface area (Å²) < 4.78 is 17.0. The van der Waals surface area contributed by atoms with Crippen LogP contribution in [0.2, 0.25) is 0 Å². The zero-order valence-corrected chi connectivity index (χ0v) is 15.7. The number of esters is 1. The van der Waals surface area contributed by atoms with E-state index in [2.05, 4.69) is 4.98 Å². The summed E-state index contributed by atoms with van der Waals surface area (Å²) in [7, 11) is 3.19. The van der Waals surface area contributed by atoms with Crippen LogP contribution in [0.5, 0.6) is 11.5 Å². The Labute approximate surface area is 156 Å². The van der Waals surface area contributed by atoms with Crippen molar-refractivity contribution in [3.8, 4) is 11.5 Å². The maximum Gasteiger partial charge on any atom is 0.306 e. The molecule has 0 saturated heterocycles. The molecule has 26 heavy (non-hydrogen) atoms. The minimum Gasteiger partial charge on any atom is -0.493 e. The number of carbonyl (C=O) groups is 1. The van der Waals surface area contributed by atoms with Crippen LogP contribution in [-0.2, 0) is 22.4 Å². The predicted molar refractivity (Wildman–Crippen MR) is 102 cm³/mol. The van der Waals surface area contributed by atoms with Gasteiger partial charge in [0.25, 0.3) is 0 Å². The second-order valence-electron chi connectivity index (χ2n) is 5.74. The Balaban J connectivity index is 1.45. The van der Waals surface area contributed by atoms with E-state index in [0.717, 1.165) is 20.8 Å². The second-order valence-corrected chi connectivity index (χ2v) is 6.85. The predicted octanol–water partition coefficient (Wildman–Crippen LogP) is 4.03. The Hall–Kier alpha value is -2.60. The maximum atomic E-state index is 12.0. The Bertz CT molecular complexity index is 857. The van der Waals surface area contributed by atoms with Gasteiger partial charge >= 0.3 is 5.97 Å². The highest BCUT2D eigenvalue weighted by Crippen LogP contribution is 2.28. The smallest absolute Gasteiger partial charge is 0.306 e. The number of fused-ring (bicyclic) bond motifs is 1. The average Bonchev–Trinajstić information content (AvgIpc) is 3.08. The van der Waals surface area contributed by atoms with Crippen molar-refractivity contribution in [2.24, 2.45) is 0 Å². The quantitative estimate of drug-likeness (QED) is 0.560. The molecule has 0 aliphatic carbocycles. The van der Waals surface area contributed by atoms with Crippen molar-refractivity contribution in [1.29, 1.82) is 0 Å². The van der Waals surface area contributed by atoms with Crippen LogP contribution in [0.3, 0.4) is 0 Å². The van der Waals surface area contributed by atoms with Gasteiger partial charge < -0.3 is 14.2 Å². The van der Waals surface area contributed by atoms with E-state index in [1.54, 1.807) is 25.6 Å². The number of ether oxygens (including phenoxy) is 3. The van der Waals surface area contributed by atoms with Gasteiger partial charge in [0, 0.05) is 12.8 Å². The average molecular weight is 371 g/mol. The maximum absolute atomic E-state index is 12.0. The highest BCUT2D eigenvalue weighted by molar-refractivity contribution is 7.18. The Morgan fingerprint density at radius 1 is 1.04 bits per heavy atom. The number of carbonyl (C=O) groups excluding carboxylic acids is 1. The van der Waals surface area contributed by atoms with E-state index < -0.39 is 0 Å². The monoisotopic (exact) mass is 371 g/mol. The van der Waals surface area contributed by atoms with Gasteiger partial charge in [0.1, 0.15) is 0 Å². The molecule has 2 aromatic carbocycles. The normalized spacial score (nSPS) is 10.7. The van der Waals surface area contributed by atoms with Crippen LogP contribution in [0.25, 0.3) is 10.2 Å². The molecule has 5 nitrogen and oxygen atoms in total. The molecule has 1 heterocycles. The lowest BCUT2D eigenvalue weighted by Crippen LogP contribution is -2.08. The van der Waals surface area contributed by atoms with Crippen LogP contribution < -0.4 is 9.47 Å². The summed E-state index contributed by atoms with van der Waals surface area (Å²) in [5.74, 6) is 1.13. The summed E-state index contributed by atoms with van der Waals surface area (Å²) in [6.45, 7) is 0.352. The molecule has 3 aromatic rings. The van der Waals surface area contributed by atoms with Gasteiger partial charge in [-0.05, 0) is 36.2 Å². The van der Waals surface area contributed by atoms with Crippen molar-refractivity contribution < 1.29 is 19.0 Å². The molecule has 0 aliphatic heterocycles. The van der Waals surface area contributed by atoms with Crippen molar-refractivity contribution >= 4 is 27.5 Å². The van der Waals surface area contributed by atoms with Gasteiger partial charge in [-0.1, -0.05) is 18.2 Å². The summed E-state index contributed by atoms with van der Waals surface area (Å²) in [5.41, 5.74) is 2.00. The summed E-state index contributed by atoms with van der Waals surface area (Å²) in [5, 5.41) is 0.985. The third kappa shape index (κ3) is 4.52. The highest BCUT2D eigenvalue weighted by atomic mass is 32.1. The van der Waals surface area contributed by atoms with Crippen molar-refractivity contribution in [1.82, 2.24) is 4.98 Å². The molecule has 6 heteroatoms. The van der Waals surface area contributed by atoms with Crippen LogP contribution in [0.15, 0.2) is 42.5 Å². The van der Waals surface area contributed by atoms with Gasteiger partial charge in [-0.2, -0.15) is 0 Å². The van der Waals surface area contributed by atoms with Gasteiger partial charge in [-0.15, -0.1) is 11.3 Å². The zero-order valence-electron chi connectivity index (χ0n) is 14.9. The van der Waals surface area contributed by atoms with Crippen LogP contribution in [0.4, 0.5) is 0 Å². The minimum atomic E-state index is -0.208. The molecule has 0 atom stereocenters. The van der Waals surface area contributed by atoms with Crippen LogP contribution in [0.1, 0.15) is 17.0 Å². The fourth-order valence-corrected chi connectivity index (χ4v) is 3.58. The lowest BCUT2D eigenvalue weighted by molar-refractivity contribution is -0.143. The van der Waals surface area contributed by atoms with Crippen LogP contribution in [0, 0.1) is 0 Å². The molecule has 0 N–H and O–H groups in total. The number of nitrogens with zero attached hydrogens (tertiary/aromatic N) is 1. The van der Waals surface area contributed by atoms with E-state index in [1.165, 1.54) is 0 Å². The van der Waals surface area contributed by atoms with E-state index >= 15 is 0 Å². The number of para-hydroxylation sites is 1. The lowest BCUT2D eigenvalue weighted by Gasteiger charge is -2.09. The van der Waals surface area contributed by atoms with Gasteiger partial charge in [0.05, 0.1) is 36.1 Å². The number of hydrogen-bond donors (Lipinski definition) is 0. The van der Waals surface area contributed by atoms with E-state index in [0.29, 0.717) is 37.4 Å². The van der Waals surface area contributed by atoms with Crippen molar-refractivity contribution in [2.75, 3.05) is 20.8 Å². The number of rotatable bonds is 8. The van der Waals surface area contributed by atoms with Crippen LogP contribution in [-0.4, -0.2) is 31.8 Å². The summed E-state index contributed by atoms with van der Waals surface area (Å²) in [4.78, 5) is 16.5. The first kappa shape index (κ1) is 18.2. The molecule has 0 radical (unpaired) electrons. The highest BCUT2D eigenvalue weighted by Gasteiger charge is 2.09. The standard InChI is InChI=1S/C20H21NO4S/c1-23-16-9-7-14(13-17(16)24-2)8-10-20(22)25-12-11-19-21-15-5-3-4-6-18(15)26-19/h3-7,9,13H,8,10-12H2,1-2H3. The number of thiazole rings is 1. The summed E-state index contributed by atoms with van der Waals surface area (Å²) >= 11 is 1.64. The third-order valence-corrected chi connectivity index (χ3v) is 5.08. The Morgan fingerprint density at radius 3 is 2.62 bits per heavy atom. The van der Waals surface area contributed by atoms with Crippen molar-refractivity contribution in [2.45, 2.75) is 19.3 Å². The number of methoxy groups -OCH3 is 2. The molecule has 0 aliphatic rings. The van der Waals surface area contributed by atoms with E-state index in [4.69, 9.17) is 14.2 Å². The molecule has 0 unspecified atom stereocenters. The molecule has 0 spiro atoms. The molecule has 136 valence electrons. The number of aromatic nitrogens is 1. The Morgan fingerprint density at radius 2 is 1.85 bits per heavy atom. The molecule has 3 rings (SSSR count). The lowest BCUT2D eigenvalue weighted by atomic mass is 10.1. The van der Waals surface area contributed by atoms with Gasteiger partial charge in [0.15, 0.2) is 11.5 Å². The largest absolute Gasteiger partial charge is 0.493 e. The van der Waals surface area contributed by atoms with Gasteiger partial charge in [-0.3, -0.25) is 4.79 Å². The summed E-state index contributed by atoms with van der Waals surface area (Å²) in [6, 6.07) is 13.7. The number of benzene rings is 2. The number of aryl methyl sites for hydroxylation is 1. The third-order valence-electron chi connectivity index (χ3n) is 3.98. The van der Waals surface area contributed by atoms with Crippen molar-refractivity contribution in [3.05, 3.63) is 53.0 Å². The minimum absolute atomic E-state index is 0.208. The van der Waals surface area contributed by atoms with Crippen LogP contribution >= 0.6 is 11.3 Å². The first-order valence-corrected chi connectivity index (χ1v) is 9.22. The van der Waals surface area contributed by atoms with E-state index in [1.807, 2.05) is 42.5 Å². The molecule has 0 fully saturated rings. The van der Waals surface area contributed by atoms with E-state index in [9.17, 15) is 4.79 Å². The molecule has 0 saturated carbocycles. The van der Waals surface area contributed by atoms with Gasteiger partial charge in [-0.25, -0.2) is 4.98 Å². The molecular weight excluding hydrogens is 350 g/mol. The molecule has 1 aromatic heterocycles. The fraction of sp³-hybridized carbons (Fsp3) is 0.300. The molecule has 0 bridgehead atoms. The van der Waals surface area contributed by atoms with Gasteiger partial charge in [0.2, 0.25) is 0 Å². The number of hydrogen-bond acceptors (Lipinski definition) is 6. The van der Waals surface area contributed by atoms with Crippen molar-refractivity contribution in [3.63, 3.8) is 0 Å². The fourth-order valence-electron chi connectivity index (χ4n) is 2.63. The summed E-state index contributed by atoms with van der Waals surface area (Å²) in [6.07, 6.45) is 1.57. The topological polar surface area (TPSA) is 57.7 Å². The molecular formula is C20H21NO4S. The first-order chi connectivity index (χ1) is 12.7. The van der Waals surface area contributed by atoms with E-state index in [-0.39, 0.29) is 5.97 Å². The SMILES string of the molecule is COc1ccc(CCC(=O)OCCc2nc3ccccc3s2)cc1OC. The first-order valence-electron chi connectivity index (χ1n) is 8.40. The Kier molecular flexibility index (Phi) is 6.07. The zero-order chi connectivity index (χ0) is 18.4. The second kappa shape index (κ2) is 8.67.